The monoisotopic (exact) mass is 331 g/mol. The first-order chi connectivity index (χ1) is 11.7. The average Bonchev–Trinajstić information content (AvgIpc) is 2.62. The number of nitrogens with two attached hydrogens (primary N) is 1. The van der Waals surface area contributed by atoms with Crippen molar-refractivity contribution in [1.82, 2.24) is 14.7 Å². The summed E-state index contributed by atoms with van der Waals surface area (Å²) in [6.07, 6.45) is 1.08. The fraction of sp³-hybridized carbons (Fsp3) is 0.632. The standard InChI is InChI=1S/C19H33N5/c1-3-24(4-2)19(20)21-11-8-12-22-13-15-23(16-14-22)17-18-9-6-5-7-10-18/h5-7,9-10H,3-4,8,11-17H2,1-2H3,(H2,20,21). The van der Waals surface area contributed by atoms with Crippen molar-refractivity contribution >= 4 is 5.96 Å². The van der Waals surface area contributed by atoms with Crippen LogP contribution >= 0.6 is 0 Å². The third-order valence-electron chi connectivity index (χ3n) is 4.71. The zero-order chi connectivity index (χ0) is 17.2. The Morgan fingerprint density at radius 3 is 2.29 bits per heavy atom. The quantitative estimate of drug-likeness (QED) is 0.449. The SMILES string of the molecule is CCN(CC)C(N)=NCCCN1CCN(Cc2ccccc2)CC1. The van der Waals surface area contributed by atoms with E-state index in [9.17, 15) is 0 Å². The van der Waals surface area contributed by atoms with Gasteiger partial charge in [-0.1, -0.05) is 30.3 Å². The molecule has 5 nitrogen and oxygen atoms in total. The van der Waals surface area contributed by atoms with Crippen LogP contribution in [-0.4, -0.2) is 73.0 Å². The van der Waals surface area contributed by atoms with Gasteiger partial charge in [-0.05, 0) is 25.8 Å². The molecule has 0 unspecified atom stereocenters. The molecular formula is C19H33N5. The van der Waals surface area contributed by atoms with Gasteiger partial charge in [0, 0.05) is 58.9 Å². The molecule has 0 aromatic heterocycles. The number of rotatable bonds is 8. The Morgan fingerprint density at radius 2 is 1.67 bits per heavy atom. The van der Waals surface area contributed by atoms with E-state index in [-0.39, 0.29) is 0 Å². The van der Waals surface area contributed by atoms with Crippen molar-refractivity contribution in [1.29, 1.82) is 0 Å². The van der Waals surface area contributed by atoms with Gasteiger partial charge in [-0.2, -0.15) is 0 Å². The van der Waals surface area contributed by atoms with E-state index in [1.54, 1.807) is 0 Å². The van der Waals surface area contributed by atoms with E-state index < -0.39 is 0 Å². The van der Waals surface area contributed by atoms with Gasteiger partial charge in [-0.25, -0.2) is 0 Å². The normalized spacial score (nSPS) is 17.2. The van der Waals surface area contributed by atoms with Crippen LogP contribution in [0.3, 0.4) is 0 Å². The molecule has 1 aromatic carbocycles. The first kappa shape index (κ1) is 18.7. The molecule has 1 heterocycles. The highest BCUT2D eigenvalue weighted by Crippen LogP contribution is 2.08. The van der Waals surface area contributed by atoms with Crippen molar-refractivity contribution in [2.45, 2.75) is 26.8 Å². The van der Waals surface area contributed by atoms with E-state index in [0.29, 0.717) is 5.96 Å². The summed E-state index contributed by atoms with van der Waals surface area (Å²) in [6.45, 7) is 13.7. The van der Waals surface area contributed by atoms with Gasteiger partial charge in [0.25, 0.3) is 0 Å². The summed E-state index contributed by atoms with van der Waals surface area (Å²) in [7, 11) is 0. The molecule has 1 aliphatic rings. The van der Waals surface area contributed by atoms with Crippen LogP contribution in [0.5, 0.6) is 0 Å². The minimum atomic E-state index is 0.688. The number of piperazine rings is 1. The van der Waals surface area contributed by atoms with Crippen LogP contribution in [0.2, 0.25) is 0 Å². The first-order valence-electron chi connectivity index (χ1n) is 9.26. The second kappa shape index (κ2) is 10.3. The maximum absolute atomic E-state index is 6.01. The Labute approximate surface area is 147 Å². The van der Waals surface area contributed by atoms with Gasteiger partial charge < -0.3 is 15.5 Å². The van der Waals surface area contributed by atoms with Crippen LogP contribution in [-0.2, 0) is 6.54 Å². The lowest BCUT2D eigenvalue weighted by molar-refractivity contribution is 0.127. The highest BCUT2D eigenvalue weighted by molar-refractivity contribution is 5.77. The topological polar surface area (TPSA) is 48.1 Å². The van der Waals surface area contributed by atoms with Crippen LogP contribution in [0.1, 0.15) is 25.8 Å². The molecular weight excluding hydrogens is 298 g/mol. The molecule has 0 bridgehead atoms. The molecule has 0 aliphatic carbocycles. The first-order valence-corrected chi connectivity index (χ1v) is 9.26. The molecule has 1 aliphatic heterocycles. The number of guanidine groups is 1. The van der Waals surface area contributed by atoms with E-state index in [4.69, 9.17) is 5.73 Å². The highest BCUT2D eigenvalue weighted by atomic mass is 15.3. The molecule has 134 valence electrons. The molecule has 2 rings (SSSR count). The van der Waals surface area contributed by atoms with E-state index in [2.05, 4.69) is 63.9 Å². The van der Waals surface area contributed by atoms with E-state index >= 15 is 0 Å². The van der Waals surface area contributed by atoms with Gasteiger partial charge in [0.2, 0.25) is 0 Å². The van der Waals surface area contributed by atoms with E-state index in [1.807, 2.05) is 0 Å². The Hall–Kier alpha value is -1.59. The zero-order valence-electron chi connectivity index (χ0n) is 15.3. The van der Waals surface area contributed by atoms with Crippen molar-refractivity contribution in [2.24, 2.45) is 10.7 Å². The number of hydrogen-bond donors (Lipinski definition) is 1. The maximum atomic E-state index is 6.01. The van der Waals surface area contributed by atoms with Crippen LogP contribution in [0.15, 0.2) is 35.3 Å². The predicted octanol–water partition coefficient (Wildman–Crippen LogP) is 1.85. The minimum absolute atomic E-state index is 0.688. The number of hydrogen-bond acceptors (Lipinski definition) is 3. The Morgan fingerprint density at radius 1 is 1.04 bits per heavy atom. The molecule has 2 N–H and O–H groups in total. The van der Waals surface area contributed by atoms with Crippen molar-refractivity contribution in [3.8, 4) is 0 Å². The van der Waals surface area contributed by atoms with Gasteiger partial charge in [-0.15, -0.1) is 0 Å². The van der Waals surface area contributed by atoms with Crippen LogP contribution < -0.4 is 5.73 Å². The number of aliphatic imine (C=N–C) groups is 1. The molecule has 0 radical (unpaired) electrons. The molecule has 5 heteroatoms. The molecule has 0 saturated carbocycles. The summed E-state index contributed by atoms with van der Waals surface area (Å²) in [5.41, 5.74) is 7.41. The second-order valence-corrected chi connectivity index (χ2v) is 6.37. The summed E-state index contributed by atoms with van der Waals surface area (Å²) >= 11 is 0. The maximum Gasteiger partial charge on any atom is 0.191 e. The summed E-state index contributed by atoms with van der Waals surface area (Å²) < 4.78 is 0. The predicted molar refractivity (Wildman–Crippen MR) is 102 cm³/mol. The molecule has 1 fully saturated rings. The summed E-state index contributed by atoms with van der Waals surface area (Å²) in [5, 5.41) is 0. The summed E-state index contributed by atoms with van der Waals surface area (Å²) in [5.74, 6) is 0.688. The molecule has 0 atom stereocenters. The van der Waals surface area contributed by atoms with Crippen LogP contribution in [0.25, 0.3) is 0 Å². The van der Waals surface area contributed by atoms with Crippen LogP contribution in [0.4, 0.5) is 0 Å². The minimum Gasteiger partial charge on any atom is -0.370 e. The molecule has 1 aromatic rings. The molecule has 0 spiro atoms. The Balaban J connectivity index is 1.62. The van der Waals surface area contributed by atoms with Gasteiger partial charge in [0.1, 0.15) is 0 Å². The lowest BCUT2D eigenvalue weighted by Gasteiger charge is -2.34. The van der Waals surface area contributed by atoms with Gasteiger partial charge in [-0.3, -0.25) is 9.89 Å². The zero-order valence-corrected chi connectivity index (χ0v) is 15.3. The fourth-order valence-corrected chi connectivity index (χ4v) is 3.15. The molecule has 0 amide bonds. The lowest BCUT2D eigenvalue weighted by atomic mass is 10.2. The second-order valence-electron chi connectivity index (χ2n) is 6.37. The van der Waals surface area contributed by atoms with Gasteiger partial charge in [0.15, 0.2) is 5.96 Å². The Kier molecular flexibility index (Phi) is 8.05. The summed E-state index contributed by atoms with van der Waals surface area (Å²) in [6, 6.07) is 10.7. The Bertz CT molecular complexity index is 476. The average molecular weight is 332 g/mol. The van der Waals surface area contributed by atoms with Crippen molar-refractivity contribution in [3.63, 3.8) is 0 Å². The van der Waals surface area contributed by atoms with Crippen molar-refractivity contribution in [2.75, 3.05) is 52.4 Å². The lowest BCUT2D eigenvalue weighted by Crippen LogP contribution is -2.46. The smallest absolute Gasteiger partial charge is 0.191 e. The van der Waals surface area contributed by atoms with Crippen molar-refractivity contribution in [3.05, 3.63) is 35.9 Å². The third-order valence-corrected chi connectivity index (χ3v) is 4.71. The van der Waals surface area contributed by atoms with E-state index in [1.165, 1.54) is 5.56 Å². The highest BCUT2D eigenvalue weighted by Gasteiger charge is 2.16. The number of benzene rings is 1. The third kappa shape index (κ3) is 6.13. The van der Waals surface area contributed by atoms with E-state index in [0.717, 1.165) is 65.3 Å². The molecule has 24 heavy (non-hydrogen) atoms. The largest absolute Gasteiger partial charge is 0.370 e. The van der Waals surface area contributed by atoms with Gasteiger partial charge in [0.05, 0.1) is 0 Å². The fourth-order valence-electron chi connectivity index (χ4n) is 3.15. The van der Waals surface area contributed by atoms with Crippen molar-refractivity contribution < 1.29 is 0 Å². The number of nitrogens with zero attached hydrogens (tertiary/aromatic N) is 4. The summed E-state index contributed by atoms with van der Waals surface area (Å²) in [4.78, 5) is 11.7. The molecule has 1 saturated heterocycles. The van der Waals surface area contributed by atoms with Gasteiger partial charge >= 0.3 is 0 Å². The van der Waals surface area contributed by atoms with Crippen LogP contribution in [0, 0.1) is 0 Å².